The number of rotatable bonds is 17. The number of hydrogen-bond donors (Lipinski definition) is 1. The molecular formula is C18H38O2Si. The van der Waals surface area contributed by atoms with Crippen molar-refractivity contribution in [2.75, 3.05) is 0 Å². The van der Waals surface area contributed by atoms with Gasteiger partial charge in [0.05, 0.1) is 0 Å². The largest absolute Gasteiger partial charge is 0.540 e. The summed E-state index contributed by atoms with van der Waals surface area (Å²) in [5.41, 5.74) is 0. The van der Waals surface area contributed by atoms with Crippen LogP contribution in [0.15, 0.2) is 0 Å². The van der Waals surface area contributed by atoms with Gasteiger partial charge in [-0.05, 0) is 6.42 Å². The van der Waals surface area contributed by atoms with E-state index in [1.807, 2.05) is 0 Å². The predicted molar refractivity (Wildman–Crippen MR) is 93.0 cm³/mol. The fraction of sp³-hybridized carbons (Fsp3) is 1.00. The Morgan fingerprint density at radius 3 is 1.14 bits per heavy atom. The maximum Gasteiger partial charge on any atom is 0.499 e. The topological polar surface area (TPSA) is 37.3 Å². The van der Waals surface area contributed by atoms with Gasteiger partial charge in [-0.25, -0.2) is 0 Å². The van der Waals surface area contributed by atoms with Gasteiger partial charge in [0.1, 0.15) is 0 Å². The van der Waals surface area contributed by atoms with Crippen LogP contribution in [0.25, 0.3) is 0 Å². The Kier molecular flexibility index (Phi) is 17.7. The summed E-state index contributed by atoms with van der Waals surface area (Å²) in [6.45, 7) is 2.28. The molecule has 0 unspecified atom stereocenters. The molecule has 0 fully saturated rings. The highest BCUT2D eigenvalue weighted by atomic mass is 28.3. The Labute approximate surface area is 134 Å². The van der Waals surface area contributed by atoms with Gasteiger partial charge in [0, 0.05) is 6.04 Å². The molecule has 0 rings (SSSR count). The number of hydrogen-bond acceptors (Lipinski definition) is 1. The molecule has 0 aliphatic heterocycles. The van der Waals surface area contributed by atoms with Crippen molar-refractivity contribution in [2.45, 2.75) is 116 Å². The molecule has 0 radical (unpaired) electrons. The second-order valence-electron chi connectivity index (χ2n) is 6.45. The van der Waals surface area contributed by atoms with E-state index in [1.165, 1.54) is 89.9 Å². The van der Waals surface area contributed by atoms with Crippen LogP contribution in [0.2, 0.25) is 6.04 Å². The quantitative estimate of drug-likeness (QED) is 0.258. The molecule has 0 saturated carbocycles. The van der Waals surface area contributed by atoms with Gasteiger partial charge in [0.15, 0.2) is 0 Å². The molecule has 0 bridgehead atoms. The Hall–Kier alpha value is -0.183. The van der Waals surface area contributed by atoms with Gasteiger partial charge in [0.2, 0.25) is 0 Å². The molecular weight excluding hydrogens is 276 g/mol. The van der Waals surface area contributed by atoms with Crippen LogP contribution in [-0.4, -0.2) is 13.7 Å². The fourth-order valence-corrected chi connectivity index (χ4v) is 3.38. The first kappa shape index (κ1) is 20.8. The average Bonchev–Trinajstić information content (AvgIpc) is 2.46. The van der Waals surface area contributed by atoms with E-state index in [0.717, 1.165) is 12.8 Å². The zero-order chi connectivity index (χ0) is 15.6. The van der Waals surface area contributed by atoms with Crippen molar-refractivity contribution in [1.29, 1.82) is 0 Å². The summed E-state index contributed by atoms with van der Waals surface area (Å²) in [7, 11) is -2.20. The van der Waals surface area contributed by atoms with E-state index in [9.17, 15) is 4.46 Å². The lowest BCUT2D eigenvalue weighted by atomic mass is 10.0. The molecule has 3 heteroatoms. The van der Waals surface area contributed by atoms with Gasteiger partial charge in [-0.2, -0.15) is 0 Å². The second-order valence-corrected chi connectivity index (χ2v) is 7.73. The van der Waals surface area contributed by atoms with Crippen LogP contribution in [0.3, 0.4) is 0 Å². The van der Waals surface area contributed by atoms with E-state index in [1.54, 1.807) is 0 Å². The summed E-state index contributed by atoms with van der Waals surface area (Å²) in [6, 6.07) is 0.531. The van der Waals surface area contributed by atoms with Crippen LogP contribution in [0, 0.1) is 0 Å². The molecule has 0 saturated heterocycles. The lowest BCUT2D eigenvalue weighted by molar-refractivity contribution is 0.441. The molecule has 2 nitrogen and oxygen atoms in total. The molecule has 0 amide bonds. The first-order valence-electron chi connectivity index (χ1n) is 9.49. The normalized spacial score (nSPS) is 10.9. The molecule has 0 atom stereocenters. The van der Waals surface area contributed by atoms with Crippen LogP contribution < -0.4 is 0 Å². The molecule has 126 valence electrons. The molecule has 0 aromatic carbocycles. The van der Waals surface area contributed by atoms with Gasteiger partial charge < -0.3 is 9.26 Å². The molecule has 0 aromatic heterocycles. The molecule has 0 aliphatic carbocycles. The van der Waals surface area contributed by atoms with Crippen molar-refractivity contribution in [3.05, 3.63) is 0 Å². The minimum absolute atomic E-state index is 0.531. The average molecular weight is 315 g/mol. The lowest BCUT2D eigenvalue weighted by Crippen LogP contribution is -1.95. The van der Waals surface area contributed by atoms with Crippen LogP contribution in [-0.2, 0) is 4.46 Å². The standard InChI is InChI=1S/C18H38O2Si/c1-2-3-4-5-6-7-8-9-10-11-12-13-14-15-16-17-18-21(19)20/h19H,2-18H2,1H3. The molecule has 0 aromatic rings. The zero-order valence-corrected chi connectivity index (χ0v) is 15.4. The van der Waals surface area contributed by atoms with Crippen LogP contribution in [0.5, 0.6) is 0 Å². The molecule has 1 N–H and O–H groups in total. The summed E-state index contributed by atoms with van der Waals surface area (Å²) in [5, 5.41) is 0. The lowest BCUT2D eigenvalue weighted by Gasteiger charge is -2.03. The van der Waals surface area contributed by atoms with Gasteiger partial charge in [-0.1, -0.05) is 103 Å². The summed E-state index contributed by atoms with van der Waals surface area (Å²) in [5.74, 6) is 0. The van der Waals surface area contributed by atoms with Gasteiger partial charge >= 0.3 is 8.93 Å². The minimum atomic E-state index is -2.20. The van der Waals surface area contributed by atoms with Crippen molar-refractivity contribution in [3.63, 3.8) is 0 Å². The predicted octanol–water partition coefficient (Wildman–Crippen LogP) is 6.16. The Morgan fingerprint density at radius 2 is 0.857 bits per heavy atom. The maximum atomic E-state index is 10.5. The highest BCUT2D eigenvalue weighted by molar-refractivity contribution is 6.32. The SMILES string of the molecule is CCCCCCCCCCCCCCCCCC[Si](=O)O. The second kappa shape index (κ2) is 17.9. The van der Waals surface area contributed by atoms with Crippen molar-refractivity contribution in [3.8, 4) is 0 Å². The highest BCUT2D eigenvalue weighted by Gasteiger charge is 2.00. The third-order valence-electron chi connectivity index (χ3n) is 4.24. The highest BCUT2D eigenvalue weighted by Crippen LogP contribution is 2.13. The van der Waals surface area contributed by atoms with Crippen LogP contribution in [0.1, 0.15) is 110 Å². The summed E-state index contributed by atoms with van der Waals surface area (Å²) in [6.07, 6.45) is 21.6. The Balaban J connectivity index is 2.95. The van der Waals surface area contributed by atoms with E-state index in [4.69, 9.17) is 4.80 Å². The smallest absolute Gasteiger partial charge is 0.499 e. The number of unbranched alkanes of at least 4 members (excludes halogenated alkanes) is 15. The molecule has 0 heterocycles. The van der Waals surface area contributed by atoms with Crippen molar-refractivity contribution in [1.82, 2.24) is 0 Å². The van der Waals surface area contributed by atoms with Gasteiger partial charge in [0.25, 0.3) is 0 Å². The van der Waals surface area contributed by atoms with E-state index < -0.39 is 8.93 Å². The van der Waals surface area contributed by atoms with E-state index in [-0.39, 0.29) is 0 Å². The first-order chi connectivity index (χ1) is 10.3. The van der Waals surface area contributed by atoms with Crippen LogP contribution in [0.4, 0.5) is 0 Å². The third-order valence-corrected chi connectivity index (χ3v) is 5.03. The van der Waals surface area contributed by atoms with E-state index in [2.05, 4.69) is 6.92 Å². The molecule has 0 spiro atoms. The first-order valence-corrected chi connectivity index (χ1v) is 11.1. The Morgan fingerprint density at radius 1 is 0.571 bits per heavy atom. The van der Waals surface area contributed by atoms with E-state index >= 15 is 0 Å². The molecule has 21 heavy (non-hydrogen) atoms. The van der Waals surface area contributed by atoms with Gasteiger partial charge in [-0.15, -0.1) is 0 Å². The summed E-state index contributed by atoms with van der Waals surface area (Å²) < 4.78 is 10.5. The van der Waals surface area contributed by atoms with E-state index in [0.29, 0.717) is 6.04 Å². The van der Waals surface area contributed by atoms with Gasteiger partial charge in [-0.3, -0.25) is 0 Å². The summed E-state index contributed by atoms with van der Waals surface area (Å²) in [4.78, 5) is 8.71. The van der Waals surface area contributed by atoms with Crippen molar-refractivity contribution in [2.24, 2.45) is 0 Å². The molecule has 0 aliphatic rings. The minimum Gasteiger partial charge on any atom is -0.540 e. The maximum absolute atomic E-state index is 10.5. The third kappa shape index (κ3) is 19.8. The fourth-order valence-electron chi connectivity index (χ4n) is 2.82. The monoisotopic (exact) mass is 314 g/mol. The van der Waals surface area contributed by atoms with Crippen LogP contribution >= 0.6 is 0 Å². The van der Waals surface area contributed by atoms with Crippen molar-refractivity contribution < 1.29 is 9.26 Å². The zero-order valence-electron chi connectivity index (χ0n) is 14.4. The van der Waals surface area contributed by atoms with Crippen molar-refractivity contribution >= 4 is 8.93 Å². The summed E-state index contributed by atoms with van der Waals surface area (Å²) >= 11 is 0. The Bertz CT molecular complexity index is 219.